The van der Waals surface area contributed by atoms with Gasteiger partial charge in [0.2, 0.25) is 0 Å². The predicted octanol–water partition coefficient (Wildman–Crippen LogP) is 3.97. The fourth-order valence-corrected chi connectivity index (χ4v) is 2.45. The van der Waals surface area contributed by atoms with Gasteiger partial charge in [-0.2, -0.15) is 0 Å². The summed E-state index contributed by atoms with van der Waals surface area (Å²) in [6, 6.07) is 14.2. The average molecular weight is 284 g/mol. The van der Waals surface area contributed by atoms with E-state index in [1.165, 1.54) is 5.56 Å². The molecule has 1 atom stereocenters. The van der Waals surface area contributed by atoms with E-state index in [9.17, 15) is 5.11 Å². The third-order valence-corrected chi connectivity index (χ3v) is 3.51. The maximum absolute atomic E-state index is 9.90. The van der Waals surface area contributed by atoms with Crippen molar-refractivity contribution >= 4 is 0 Å². The molecule has 0 bridgehead atoms. The Kier molecular flexibility index (Phi) is 5.34. The fourth-order valence-electron chi connectivity index (χ4n) is 2.45. The van der Waals surface area contributed by atoms with Crippen LogP contribution < -0.4 is 5.32 Å². The molecule has 0 radical (unpaired) electrons. The number of nitrogens with zero attached hydrogens (tertiary/aromatic N) is 1. The van der Waals surface area contributed by atoms with Gasteiger partial charge in [0.05, 0.1) is 5.69 Å². The minimum Gasteiger partial charge on any atom is -0.506 e. The lowest BCUT2D eigenvalue weighted by atomic mass is 9.97. The molecule has 21 heavy (non-hydrogen) atoms. The summed E-state index contributed by atoms with van der Waals surface area (Å²) < 4.78 is 0. The number of rotatable bonds is 6. The number of aromatic nitrogens is 1. The lowest BCUT2D eigenvalue weighted by molar-refractivity contribution is 0.414. The molecule has 0 aliphatic rings. The van der Waals surface area contributed by atoms with E-state index in [2.05, 4.69) is 48.4 Å². The molecule has 0 amide bonds. The normalized spacial score (nSPS) is 12.6. The van der Waals surface area contributed by atoms with E-state index in [0.29, 0.717) is 18.2 Å². The first-order chi connectivity index (χ1) is 10.1. The topological polar surface area (TPSA) is 45.1 Å². The number of hydrogen-bond donors (Lipinski definition) is 2. The maximum atomic E-state index is 9.90. The third kappa shape index (κ3) is 4.57. The first-order valence-electron chi connectivity index (χ1n) is 7.50. The lowest BCUT2D eigenvalue weighted by Gasteiger charge is -2.21. The van der Waals surface area contributed by atoms with Crippen molar-refractivity contribution < 1.29 is 5.11 Å². The number of nitrogens with one attached hydrogen (secondary N) is 1. The molecule has 0 fully saturated rings. The van der Waals surface area contributed by atoms with Gasteiger partial charge in [-0.1, -0.05) is 44.2 Å². The molecule has 2 aromatic rings. The van der Waals surface area contributed by atoms with Crippen LogP contribution in [0.2, 0.25) is 0 Å². The zero-order valence-electron chi connectivity index (χ0n) is 13.0. The number of benzene rings is 1. The summed E-state index contributed by atoms with van der Waals surface area (Å²) in [6.07, 6.45) is 1.05. The van der Waals surface area contributed by atoms with Crippen molar-refractivity contribution in [2.75, 3.05) is 0 Å². The third-order valence-electron chi connectivity index (χ3n) is 3.51. The van der Waals surface area contributed by atoms with Crippen LogP contribution in [0.4, 0.5) is 0 Å². The highest BCUT2D eigenvalue weighted by Crippen LogP contribution is 2.22. The van der Waals surface area contributed by atoms with Gasteiger partial charge in [-0.25, -0.2) is 0 Å². The minimum absolute atomic E-state index is 0.254. The van der Waals surface area contributed by atoms with Crippen molar-refractivity contribution in [1.82, 2.24) is 10.3 Å². The van der Waals surface area contributed by atoms with Crippen molar-refractivity contribution in [1.29, 1.82) is 0 Å². The largest absolute Gasteiger partial charge is 0.506 e. The van der Waals surface area contributed by atoms with Gasteiger partial charge in [0, 0.05) is 18.3 Å². The second kappa shape index (κ2) is 7.23. The summed E-state index contributed by atoms with van der Waals surface area (Å²) in [5.74, 6) is 0.853. The van der Waals surface area contributed by atoms with E-state index in [-0.39, 0.29) is 11.8 Å². The van der Waals surface area contributed by atoms with E-state index in [0.717, 1.165) is 12.1 Å². The van der Waals surface area contributed by atoms with Gasteiger partial charge < -0.3 is 10.4 Å². The molecule has 2 rings (SSSR count). The Labute approximate surface area is 127 Å². The lowest BCUT2D eigenvalue weighted by Crippen LogP contribution is -2.23. The van der Waals surface area contributed by atoms with Gasteiger partial charge in [0.1, 0.15) is 5.75 Å². The van der Waals surface area contributed by atoms with Gasteiger partial charge in [0.15, 0.2) is 0 Å². The summed E-state index contributed by atoms with van der Waals surface area (Å²) in [5.41, 5.74) is 2.91. The van der Waals surface area contributed by atoms with Crippen LogP contribution in [-0.4, -0.2) is 10.1 Å². The molecule has 0 spiro atoms. The second-order valence-corrected chi connectivity index (χ2v) is 5.89. The molecule has 0 aliphatic carbocycles. The molecule has 0 aliphatic heterocycles. The monoisotopic (exact) mass is 284 g/mol. The summed E-state index contributed by atoms with van der Waals surface area (Å²) in [6.45, 7) is 6.95. The maximum Gasteiger partial charge on any atom is 0.138 e. The quantitative estimate of drug-likeness (QED) is 0.843. The Morgan fingerprint density at radius 3 is 2.48 bits per heavy atom. The Morgan fingerprint density at radius 2 is 1.81 bits per heavy atom. The van der Waals surface area contributed by atoms with Gasteiger partial charge in [-0.3, -0.25) is 4.98 Å². The van der Waals surface area contributed by atoms with Crippen LogP contribution in [0.25, 0.3) is 0 Å². The van der Waals surface area contributed by atoms with E-state index >= 15 is 0 Å². The van der Waals surface area contributed by atoms with Crippen LogP contribution in [-0.2, 0) is 6.54 Å². The van der Waals surface area contributed by atoms with Crippen molar-refractivity contribution in [3.8, 4) is 5.75 Å². The van der Waals surface area contributed by atoms with Gasteiger partial charge in [0.25, 0.3) is 0 Å². The molecule has 1 aromatic heterocycles. The van der Waals surface area contributed by atoms with E-state index < -0.39 is 0 Å². The van der Waals surface area contributed by atoms with Crippen molar-refractivity contribution in [3.63, 3.8) is 0 Å². The van der Waals surface area contributed by atoms with Gasteiger partial charge in [-0.05, 0) is 37.0 Å². The minimum atomic E-state index is 0.254. The van der Waals surface area contributed by atoms with Crippen molar-refractivity contribution in [2.24, 2.45) is 5.92 Å². The summed E-state index contributed by atoms with van der Waals surface area (Å²) in [7, 11) is 0. The van der Waals surface area contributed by atoms with Gasteiger partial charge in [-0.15, -0.1) is 0 Å². The van der Waals surface area contributed by atoms with Crippen molar-refractivity contribution in [3.05, 3.63) is 59.4 Å². The first kappa shape index (κ1) is 15.5. The van der Waals surface area contributed by atoms with E-state index in [4.69, 9.17) is 0 Å². The molecule has 1 aromatic carbocycles. The predicted molar refractivity (Wildman–Crippen MR) is 86.1 cm³/mol. The average Bonchev–Trinajstić information content (AvgIpc) is 2.47. The van der Waals surface area contributed by atoms with Crippen LogP contribution in [0.1, 0.15) is 43.3 Å². The zero-order valence-corrected chi connectivity index (χ0v) is 13.0. The Bertz CT molecular complexity index is 567. The summed E-state index contributed by atoms with van der Waals surface area (Å²) in [4.78, 5) is 4.40. The summed E-state index contributed by atoms with van der Waals surface area (Å²) in [5, 5.41) is 13.4. The van der Waals surface area contributed by atoms with E-state index in [1.807, 2.05) is 19.1 Å². The van der Waals surface area contributed by atoms with Crippen LogP contribution in [0, 0.1) is 12.8 Å². The SMILES string of the molecule is Cc1ccc(O)c(CNC(CC(C)C)c2ccccc2)n1. The molecule has 3 nitrogen and oxygen atoms in total. The molecule has 1 heterocycles. The number of hydrogen-bond acceptors (Lipinski definition) is 3. The number of aryl methyl sites for hydroxylation is 1. The second-order valence-electron chi connectivity index (χ2n) is 5.89. The highest BCUT2D eigenvalue weighted by molar-refractivity contribution is 5.28. The first-order valence-corrected chi connectivity index (χ1v) is 7.50. The Morgan fingerprint density at radius 1 is 1.10 bits per heavy atom. The molecular formula is C18H24N2O. The Balaban J connectivity index is 2.10. The smallest absolute Gasteiger partial charge is 0.138 e. The number of aromatic hydroxyl groups is 1. The molecule has 1 unspecified atom stereocenters. The molecule has 2 N–H and O–H groups in total. The summed E-state index contributed by atoms with van der Waals surface area (Å²) >= 11 is 0. The molecule has 112 valence electrons. The van der Waals surface area contributed by atoms with Crippen LogP contribution >= 0.6 is 0 Å². The van der Waals surface area contributed by atoms with Crippen molar-refractivity contribution in [2.45, 2.75) is 39.8 Å². The Hall–Kier alpha value is -1.87. The fraction of sp³-hybridized carbons (Fsp3) is 0.389. The van der Waals surface area contributed by atoms with Crippen LogP contribution in [0.15, 0.2) is 42.5 Å². The standard InChI is InChI=1S/C18H24N2O/c1-13(2)11-16(15-7-5-4-6-8-15)19-12-17-18(21)10-9-14(3)20-17/h4-10,13,16,19,21H,11-12H2,1-3H3. The van der Waals surface area contributed by atoms with E-state index in [1.54, 1.807) is 6.07 Å². The molecular weight excluding hydrogens is 260 g/mol. The van der Waals surface area contributed by atoms with Gasteiger partial charge >= 0.3 is 0 Å². The zero-order chi connectivity index (χ0) is 15.2. The van der Waals surface area contributed by atoms with Crippen LogP contribution in [0.3, 0.4) is 0 Å². The molecule has 3 heteroatoms. The highest BCUT2D eigenvalue weighted by Gasteiger charge is 2.14. The molecule has 0 saturated carbocycles. The molecule has 0 saturated heterocycles. The highest BCUT2D eigenvalue weighted by atomic mass is 16.3. The van der Waals surface area contributed by atoms with Crippen LogP contribution in [0.5, 0.6) is 5.75 Å². The number of pyridine rings is 1.